The molecule has 0 aliphatic heterocycles. The molecule has 2 unspecified atom stereocenters. The standard InChI is InChI=1S/C17H34N4/c1-7-17(6,20(9-3)10-4)16(18-8-2)12-15-13-19-21(11-5)14-15/h13-14,16,18H,7-12H2,1-6H3. The summed E-state index contributed by atoms with van der Waals surface area (Å²) in [6, 6.07) is 0.446. The van der Waals surface area contributed by atoms with Crippen LogP contribution in [-0.4, -0.2) is 45.9 Å². The van der Waals surface area contributed by atoms with Gasteiger partial charge in [0, 0.05) is 24.3 Å². The van der Waals surface area contributed by atoms with Crippen molar-refractivity contribution in [3.05, 3.63) is 18.0 Å². The molecule has 0 aliphatic carbocycles. The molecule has 0 aromatic carbocycles. The molecule has 1 aromatic heterocycles. The van der Waals surface area contributed by atoms with E-state index in [9.17, 15) is 0 Å². The lowest BCUT2D eigenvalue weighted by atomic mass is 9.83. The van der Waals surface area contributed by atoms with E-state index in [0.717, 1.165) is 39.0 Å². The molecular formula is C17H34N4. The first-order chi connectivity index (χ1) is 10.0. The smallest absolute Gasteiger partial charge is 0.0522 e. The van der Waals surface area contributed by atoms with Crippen LogP contribution in [-0.2, 0) is 13.0 Å². The highest BCUT2D eigenvalue weighted by Crippen LogP contribution is 2.26. The Morgan fingerprint density at radius 1 is 1.24 bits per heavy atom. The van der Waals surface area contributed by atoms with E-state index in [2.05, 4.69) is 63.1 Å². The first kappa shape index (κ1) is 18.2. The van der Waals surface area contributed by atoms with E-state index in [1.54, 1.807) is 0 Å². The molecule has 21 heavy (non-hydrogen) atoms. The third kappa shape index (κ3) is 4.30. The van der Waals surface area contributed by atoms with E-state index in [1.807, 2.05) is 10.9 Å². The summed E-state index contributed by atoms with van der Waals surface area (Å²) in [4.78, 5) is 2.59. The molecule has 1 rings (SSSR count). The minimum atomic E-state index is 0.174. The van der Waals surface area contributed by atoms with Crippen LogP contribution in [0.15, 0.2) is 12.4 Å². The third-order valence-corrected chi connectivity index (χ3v) is 4.85. The zero-order valence-electron chi connectivity index (χ0n) is 14.8. The van der Waals surface area contributed by atoms with E-state index in [0.29, 0.717) is 6.04 Å². The maximum Gasteiger partial charge on any atom is 0.0522 e. The lowest BCUT2D eigenvalue weighted by Gasteiger charge is -2.46. The van der Waals surface area contributed by atoms with Crippen molar-refractivity contribution >= 4 is 0 Å². The number of rotatable bonds is 10. The molecule has 0 bridgehead atoms. The fourth-order valence-corrected chi connectivity index (χ4v) is 3.32. The van der Waals surface area contributed by atoms with Gasteiger partial charge in [-0.1, -0.05) is 27.7 Å². The van der Waals surface area contributed by atoms with Crippen LogP contribution in [0.1, 0.15) is 53.5 Å². The molecule has 0 aliphatic rings. The summed E-state index contributed by atoms with van der Waals surface area (Å²) < 4.78 is 2.01. The SMILES string of the molecule is CCNC(Cc1cnn(CC)c1)C(C)(CC)N(CC)CC. The minimum Gasteiger partial charge on any atom is -0.312 e. The molecule has 0 radical (unpaired) electrons. The Labute approximate surface area is 130 Å². The molecular weight excluding hydrogens is 260 g/mol. The van der Waals surface area contributed by atoms with Crippen LogP contribution in [0.2, 0.25) is 0 Å². The van der Waals surface area contributed by atoms with Crippen molar-refractivity contribution in [1.82, 2.24) is 20.0 Å². The largest absolute Gasteiger partial charge is 0.312 e. The highest BCUT2D eigenvalue weighted by Gasteiger charge is 2.36. The van der Waals surface area contributed by atoms with E-state index in [-0.39, 0.29) is 5.54 Å². The first-order valence-corrected chi connectivity index (χ1v) is 8.55. The average Bonchev–Trinajstić information content (AvgIpc) is 2.95. The van der Waals surface area contributed by atoms with Crippen molar-refractivity contribution in [3.63, 3.8) is 0 Å². The fraction of sp³-hybridized carbons (Fsp3) is 0.824. The number of aromatic nitrogens is 2. The maximum absolute atomic E-state index is 4.42. The number of nitrogens with one attached hydrogen (secondary N) is 1. The van der Waals surface area contributed by atoms with Gasteiger partial charge in [0.25, 0.3) is 0 Å². The van der Waals surface area contributed by atoms with Crippen LogP contribution in [0.5, 0.6) is 0 Å². The summed E-state index contributed by atoms with van der Waals surface area (Å²) in [5.41, 5.74) is 1.50. The van der Waals surface area contributed by atoms with Crippen LogP contribution < -0.4 is 5.32 Å². The molecule has 0 saturated heterocycles. The Morgan fingerprint density at radius 2 is 1.90 bits per heavy atom. The Hall–Kier alpha value is -0.870. The molecule has 0 amide bonds. The van der Waals surface area contributed by atoms with Gasteiger partial charge in [0.15, 0.2) is 0 Å². The summed E-state index contributed by atoms with van der Waals surface area (Å²) in [6.07, 6.45) is 6.39. The molecule has 0 saturated carbocycles. The van der Waals surface area contributed by atoms with Gasteiger partial charge < -0.3 is 5.32 Å². The van der Waals surface area contributed by atoms with Crippen LogP contribution in [0.4, 0.5) is 0 Å². The molecule has 0 fully saturated rings. The van der Waals surface area contributed by atoms with Crippen molar-refractivity contribution in [3.8, 4) is 0 Å². The summed E-state index contributed by atoms with van der Waals surface area (Å²) in [5.74, 6) is 0. The normalized spacial score (nSPS) is 16.1. The van der Waals surface area contributed by atoms with Gasteiger partial charge in [0.05, 0.1) is 6.20 Å². The van der Waals surface area contributed by atoms with Crippen LogP contribution in [0, 0.1) is 0 Å². The second kappa shape index (κ2) is 8.54. The Morgan fingerprint density at radius 3 is 2.33 bits per heavy atom. The summed E-state index contributed by atoms with van der Waals surface area (Å²) in [7, 11) is 0. The van der Waals surface area contributed by atoms with Gasteiger partial charge in [0.1, 0.15) is 0 Å². The minimum absolute atomic E-state index is 0.174. The van der Waals surface area contributed by atoms with Gasteiger partial charge in [-0.2, -0.15) is 5.10 Å². The van der Waals surface area contributed by atoms with Gasteiger partial charge in [-0.25, -0.2) is 0 Å². The molecule has 4 heteroatoms. The van der Waals surface area contributed by atoms with Crippen molar-refractivity contribution in [2.24, 2.45) is 0 Å². The Balaban J connectivity index is 2.96. The molecule has 1 heterocycles. The highest BCUT2D eigenvalue weighted by molar-refractivity contribution is 5.10. The Kier molecular flexibility index (Phi) is 7.40. The third-order valence-electron chi connectivity index (χ3n) is 4.85. The predicted molar refractivity (Wildman–Crippen MR) is 90.7 cm³/mol. The van der Waals surface area contributed by atoms with Gasteiger partial charge in [0.2, 0.25) is 0 Å². The van der Waals surface area contributed by atoms with E-state index < -0.39 is 0 Å². The zero-order chi connectivity index (χ0) is 15.9. The van der Waals surface area contributed by atoms with E-state index in [1.165, 1.54) is 5.56 Å². The number of hydrogen-bond donors (Lipinski definition) is 1. The van der Waals surface area contributed by atoms with Gasteiger partial charge >= 0.3 is 0 Å². The lowest BCUT2D eigenvalue weighted by Crippen LogP contribution is -2.60. The summed E-state index contributed by atoms with van der Waals surface area (Å²) in [5, 5.41) is 8.14. The topological polar surface area (TPSA) is 33.1 Å². The monoisotopic (exact) mass is 294 g/mol. The quantitative estimate of drug-likeness (QED) is 0.720. The van der Waals surface area contributed by atoms with Gasteiger partial charge in [-0.3, -0.25) is 9.58 Å². The van der Waals surface area contributed by atoms with Crippen LogP contribution in [0.25, 0.3) is 0 Å². The van der Waals surface area contributed by atoms with Crippen molar-refractivity contribution in [2.45, 2.75) is 72.5 Å². The predicted octanol–water partition coefficient (Wildman–Crippen LogP) is 2.93. The van der Waals surface area contributed by atoms with Crippen molar-refractivity contribution < 1.29 is 0 Å². The fourth-order valence-electron chi connectivity index (χ4n) is 3.32. The molecule has 2 atom stereocenters. The molecule has 0 spiro atoms. The van der Waals surface area contributed by atoms with Crippen LogP contribution in [0.3, 0.4) is 0 Å². The summed E-state index contributed by atoms with van der Waals surface area (Å²) in [6.45, 7) is 17.7. The van der Waals surface area contributed by atoms with Gasteiger partial charge in [-0.15, -0.1) is 0 Å². The van der Waals surface area contributed by atoms with Gasteiger partial charge in [-0.05, 0) is 51.9 Å². The van der Waals surface area contributed by atoms with E-state index >= 15 is 0 Å². The molecule has 1 aromatic rings. The highest BCUT2D eigenvalue weighted by atomic mass is 15.3. The molecule has 4 nitrogen and oxygen atoms in total. The van der Waals surface area contributed by atoms with Crippen LogP contribution >= 0.6 is 0 Å². The average molecular weight is 294 g/mol. The second-order valence-corrected chi connectivity index (χ2v) is 5.90. The zero-order valence-corrected chi connectivity index (χ0v) is 14.8. The summed E-state index contributed by atoms with van der Waals surface area (Å²) >= 11 is 0. The Bertz CT molecular complexity index is 397. The number of likely N-dealkylation sites (N-methyl/N-ethyl adjacent to an activating group) is 2. The lowest BCUT2D eigenvalue weighted by molar-refractivity contribution is 0.0707. The molecule has 1 N–H and O–H groups in total. The second-order valence-electron chi connectivity index (χ2n) is 5.90. The van der Waals surface area contributed by atoms with Crippen molar-refractivity contribution in [1.29, 1.82) is 0 Å². The first-order valence-electron chi connectivity index (χ1n) is 8.55. The number of nitrogens with zero attached hydrogens (tertiary/aromatic N) is 3. The number of hydrogen-bond acceptors (Lipinski definition) is 3. The van der Waals surface area contributed by atoms with Crippen molar-refractivity contribution in [2.75, 3.05) is 19.6 Å². The van der Waals surface area contributed by atoms with E-state index in [4.69, 9.17) is 0 Å². The molecule has 122 valence electrons. The maximum atomic E-state index is 4.42. The number of aryl methyl sites for hydroxylation is 1.